The molecule has 2 aliphatic rings. The Hall–Kier alpha value is -6.29. The quantitative estimate of drug-likeness (QED) is 0.178. The Morgan fingerprint density at radius 2 is 1.20 bits per heavy atom. The average Bonchev–Trinajstić information content (AvgIpc) is 3.76. The van der Waals surface area contributed by atoms with Gasteiger partial charge in [0.1, 0.15) is 0 Å². The van der Waals surface area contributed by atoms with Crippen molar-refractivity contribution < 1.29 is 0 Å². The molecule has 7 aromatic carbocycles. The van der Waals surface area contributed by atoms with Gasteiger partial charge in [-0.3, -0.25) is 0 Å². The van der Waals surface area contributed by atoms with Crippen molar-refractivity contribution in [2.24, 2.45) is 0 Å². The standard InChI is InChI=1S/C51H36N2S/c1-33-12-4-3-11-29-54-49-32-44-43-30-37(24-27-46(43)53(48(44)31-42(33)49)38-14-5-2-6-15-38)34-21-25-39(26-22-34)52-45-18-10-9-17-41(45)51-47(52)28-23-36-20-19-35-13-7-8-16-40(35)50(36)51/h2-18,21-28,30-32H,1,19-20,29H2/b11-3-,12-4-. The molecule has 11 rings (SSSR count). The van der Waals surface area contributed by atoms with E-state index in [1.165, 1.54) is 93.1 Å². The van der Waals surface area contributed by atoms with Gasteiger partial charge in [-0.2, -0.15) is 0 Å². The van der Waals surface area contributed by atoms with E-state index in [0.717, 1.165) is 29.9 Å². The lowest BCUT2D eigenvalue weighted by atomic mass is 9.83. The second-order valence-corrected chi connectivity index (χ2v) is 15.5. The van der Waals surface area contributed by atoms with Crippen LogP contribution in [-0.2, 0) is 12.8 Å². The van der Waals surface area contributed by atoms with Crippen LogP contribution in [0.15, 0.2) is 181 Å². The molecule has 0 amide bonds. The van der Waals surface area contributed by atoms with Gasteiger partial charge < -0.3 is 9.13 Å². The van der Waals surface area contributed by atoms with Crippen molar-refractivity contribution in [3.63, 3.8) is 0 Å². The Labute approximate surface area is 319 Å². The number of benzene rings is 7. The summed E-state index contributed by atoms with van der Waals surface area (Å²) in [5, 5.41) is 5.18. The largest absolute Gasteiger partial charge is 0.309 e. The number of thioether (sulfide) groups is 1. The molecule has 0 bridgehead atoms. The van der Waals surface area contributed by atoms with E-state index >= 15 is 0 Å². The summed E-state index contributed by atoms with van der Waals surface area (Å²) in [7, 11) is 0. The lowest BCUT2D eigenvalue weighted by Crippen LogP contribution is -2.04. The lowest BCUT2D eigenvalue weighted by Gasteiger charge is -2.21. The van der Waals surface area contributed by atoms with E-state index in [9.17, 15) is 0 Å². The Balaban J connectivity index is 1.06. The summed E-state index contributed by atoms with van der Waals surface area (Å²) in [4.78, 5) is 1.27. The monoisotopic (exact) mass is 708 g/mol. The first-order chi connectivity index (χ1) is 26.7. The second-order valence-electron chi connectivity index (χ2n) is 14.4. The number of nitrogens with zero attached hydrogens (tertiary/aromatic N) is 2. The van der Waals surface area contributed by atoms with Crippen LogP contribution in [0.25, 0.3) is 82.8 Å². The first-order valence-corrected chi connectivity index (χ1v) is 19.8. The van der Waals surface area contributed by atoms with Crippen molar-refractivity contribution >= 4 is 60.9 Å². The fraction of sp³-hybridized carbons (Fsp3) is 0.0588. The zero-order valence-electron chi connectivity index (χ0n) is 29.8. The van der Waals surface area contributed by atoms with Crippen molar-refractivity contribution in [1.29, 1.82) is 0 Å². The first kappa shape index (κ1) is 31.3. The highest BCUT2D eigenvalue weighted by molar-refractivity contribution is 7.99. The minimum absolute atomic E-state index is 0.923. The molecule has 0 atom stereocenters. The van der Waals surface area contributed by atoms with E-state index in [1.54, 1.807) is 0 Å². The van der Waals surface area contributed by atoms with E-state index < -0.39 is 0 Å². The fourth-order valence-electron chi connectivity index (χ4n) is 8.94. The number of rotatable bonds is 3. The third-order valence-electron chi connectivity index (χ3n) is 11.4. The minimum atomic E-state index is 0.923. The molecule has 3 heterocycles. The molecule has 3 heteroatoms. The zero-order chi connectivity index (χ0) is 35.8. The fourth-order valence-corrected chi connectivity index (χ4v) is 9.87. The number of allylic oxidation sites excluding steroid dienone is 4. The average molecular weight is 709 g/mol. The van der Waals surface area contributed by atoms with Crippen molar-refractivity contribution in [1.82, 2.24) is 9.13 Å². The van der Waals surface area contributed by atoms with E-state index in [1.807, 2.05) is 11.8 Å². The molecule has 0 unspecified atom stereocenters. The number of aromatic nitrogens is 2. The van der Waals surface area contributed by atoms with Crippen LogP contribution >= 0.6 is 11.8 Å². The number of para-hydroxylation sites is 2. The smallest absolute Gasteiger partial charge is 0.0548 e. The van der Waals surface area contributed by atoms with E-state index in [0.29, 0.717) is 0 Å². The second kappa shape index (κ2) is 12.4. The lowest BCUT2D eigenvalue weighted by molar-refractivity contribution is 0.945. The molecule has 1 aliphatic carbocycles. The summed E-state index contributed by atoms with van der Waals surface area (Å²) in [6.45, 7) is 4.46. The third-order valence-corrected chi connectivity index (χ3v) is 12.4. The van der Waals surface area contributed by atoms with Crippen LogP contribution in [0.2, 0.25) is 0 Å². The van der Waals surface area contributed by atoms with Crippen LogP contribution < -0.4 is 0 Å². The molecular weight excluding hydrogens is 673 g/mol. The number of fused-ring (bicyclic) bond motifs is 11. The molecule has 0 N–H and O–H groups in total. The van der Waals surface area contributed by atoms with E-state index in [4.69, 9.17) is 0 Å². The van der Waals surface area contributed by atoms with Crippen molar-refractivity contribution in [2.75, 3.05) is 5.75 Å². The molecule has 2 aromatic heterocycles. The van der Waals surface area contributed by atoms with Gasteiger partial charge in [-0.1, -0.05) is 116 Å². The van der Waals surface area contributed by atoms with Crippen LogP contribution in [0.4, 0.5) is 0 Å². The molecule has 2 nitrogen and oxygen atoms in total. The molecule has 0 saturated heterocycles. The number of hydrogen-bond donors (Lipinski definition) is 0. The van der Waals surface area contributed by atoms with Crippen molar-refractivity contribution in [3.8, 4) is 33.6 Å². The van der Waals surface area contributed by atoms with Gasteiger partial charge in [-0.25, -0.2) is 0 Å². The predicted molar refractivity (Wildman–Crippen MR) is 231 cm³/mol. The molecule has 0 saturated carbocycles. The van der Waals surface area contributed by atoms with Gasteiger partial charge in [0, 0.05) is 43.6 Å². The maximum atomic E-state index is 4.46. The summed E-state index contributed by atoms with van der Waals surface area (Å²) in [6.07, 6.45) is 10.7. The highest BCUT2D eigenvalue weighted by atomic mass is 32.2. The number of hydrogen-bond acceptors (Lipinski definition) is 1. The maximum Gasteiger partial charge on any atom is 0.0548 e. The summed E-state index contributed by atoms with van der Waals surface area (Å²) >= 11 is 1.88. The molecular formula is C51H36N2S. The van der Waals surface area contributed by atoms with Crippen LogP contribution in [0, 0.1) is 0 Å². The molecule has 0 fully saturated rings. The van der Waals surface area contributed by atoms with Crippen molar-refractivity contribution in [2.45, 2.75) is 17.7 Å². The normalized spacial score (nSPS) is 15.1. The maximum absolute atomic E-state index is 4.46. The van der Waals surface area contributed by atoms with Gasteiger partial charge in [0.15, 0.2) is 0 Å². The topological polar surface area (TPSA) is 9.86 Å². The van der Waals surface area contributed by atoms with Crippen LogP contribution in [0.3, 0.4) is 0 Å². The summed E-state index contributed by atoms with van der Waals surface area (Å²) in [6, 6.07) is 54.2. The number of aryl methyl sites for hydroxylation is 2. The van der Waals surface area contributed by atoms with Crippen molar-refractivity contribution in [3.05, 3.63) is 193 Å². The van der Waals surface area contributed by atoms with E-state index in [-0.39, 0.29) is 0 Å². The molecule has 0 spiro atoms. The van der Waals surface area contributed by atoms with Crippen LogP contribution in [0.5, 0.6) is 0 Å². The van der Waals surface area contributed by atoms with Gasteiger partial charge >= 0.3 is 0 Å². The molecule has 1 aliphatic heterocycles. The van der Waals surface area contributed by atoms with Gasteiger partial charge in [0.25, 0.3) is 0 Å². The Kier molecular flexibility index (Phi) is 7.18. The zero-order valence-corrected chi connectivity index (χ0v) is 30.6. The molecule has 256 valence electrons. The summed E-state index contributed by atoms with van der Waals surface area (Å²) in [5.41, 5.74) is 17.5. The van der Waals surface area contributed by atoms with Gasteiger partial charge in [-0.05, 0) is 118 Å². The van der Waals surface area contributed by atoms with Gasteiger partial charge in [0.2, 0.25) is 0 Å². The Bertz CT molecular complexity index is 3040. The van der Waals surface area contributed by atoms with Crippen LogP contribution in [-0.4, -0.2) is 14.9 Å². The molecule has 9 aromatic rings. The first-order valence-electron chi connectivity index (χ1n) is 18.8. The van der Waals surface area contributed by atoms with Gasteiger partial charge in [0.05, 0.1) is 22.1 Å². The third kappa shape index (κ3) is 4.82. The molecule has 0 radical (unpaired) electrons. The van der Waals surface area contributed by atoms with Crippen LogP contribution in [0.1, 0.15) is 16.7 Å². The Morgan fingerprint density at radius 1 is 0.500 bits per heavy atom. The highest BCUT2D eigenvalue weighted by Gasteiger charge is 2.23. The summed E-state index contributed by atoms with van der Waals surface area (Å²) in [5.74, 6) is 0.923. The van der Waals surface area contributed by atoms with E-state index in [2.05, 4.69) is 186 Å². The Morgan fingerprint density at radius 3 is 2.11 bits per heavy atom. The highest BCUT2D eigenvalue weighted by Crippen LogP contribution is 2.45. The van der Waals surface area contributed by atoms with Gasteiger partial charge in [-0.15, -0.1) is 11.8 Å². The SMILES string of the molecule is C=C1/C=C\C=C/CSc2cc3c4cc(-c5ccc(-n6c7ccccc7c7c8c(ccc76)CCc6ccccc6-8)cc5)ccc4n(-c4ccccc4)c3cc21. The minimum Gasteiger partial charge on any atom is -0.309 e. The predicted octanol–water partition coefficient (Wildman–Crippen LogP) is 13.5. The summed E-state index contributed by atoms with van der Waals surface area (Å²) < 4.78 is 4.86. The molecule has 54 heavy (non-hydrogen) atoms.